The third-order valence-electron chi connectivity index (χ3n) is 10.0. The molecule has 0 bridgehead atoms. The molecule has 4 aliphatic carbocycles. The van der Waals surface area contributed by atoms with Crippen LogP contribution in [-0.4, -0.2) is 23.8 Å². The summed E-state index contributed by atoms with van der Waals surface area (Å²) in [7, 11) is 0. The second kappa shape index (κ2) is 8.02. The van der Waals surface area contributed by atoms with Gasteiger partial charge in [-0.3, -0.25) is 4.79 Å². The van der Waals surface area contributed by atoms with E-state index in [1.54, 1.807) is 5.57 Å². The number of ether oxygens (including phenoxy) is 1. The second-order valence-corrected chi connectivity index (χ2v) is 11.1. The lowest BCUT2D eigenvalue weighted by Crippen LogP contribution is -2.54. The van der Waals surface area contributed by atoms with Crippen LogP contribution in [0.3, 0.4) is 0 Å². The first-order valence-electron chi connectivity index (χ1n) is 12.4. The van der Waals surface area contributed by atoms with Crippen molar-refractivity contribution in [2.24, 2.45) is 40.4 Å². The largest absolute Gasteiger partial charge is 0.466 e. The highest BCUT2D eigenvalue weighted by molar-refractivity contribution is 5.69. The Bertz CT molecular complexity index is 654. The fourth-order valence-corrected chi connectivity index (χ4v) is 8.47. The molecule has 0 heterocycles. The molecule has 164 valence electrons. The third-order valence-corrected chi connectivity index (χ3v) is 10.0. The molecule has 1 N–H and O–H groups in total. The number of aliphatic hydroxyl groups is 1. The van der Waals surface area contributed by atoms with E-state index in [1.807, 2.05) is 6.92 Å². The molecule has 0 aromatic rings. The van der Waals surface area contributed by atoms with Crippen molar-refractivity contribution in [2.45, 2.75) is 98.0 Å². The normalized spacial score (nSPS) is 44.9. The predicted octanol–water partition coefficient (Wildman–Crippen LogP) is 5.91. The van der Waals surface area contributed by atoms with E-state index in [2.05, 4.69) is 26.8 Å². The van der Waals surface area contributed by atoms with Gasteiger partial charge in [-0.1, -0.05) is 32.4 Å². The van der Waals surface area contributed by atoms with Crippen molar-refractivity contribution >= 4 is 5.97 Å². The molecule has 4 rings (SSSR count). The minimum atomic E-state index is -0.152. The maximum atomic E-state index is 11.9. The van der Waals surface area contributed by atoms with Crippen molar-refractivity contribution in [3.05, 3.63) is 11.6 Å². The van der Waals surface area contributed by atoms with Crippen LogP contribution in [0.2, 0.25) is 0 Å². The number of allylic oxidation sites excluding steroid dienone is 1. The van der Waals surface area contributed by atoms with E-state index in [-0.39, 0.29) is 17.5 Å². The van der Waals surface area contributed by atoms with Crippen molar-refractivity contribution < 1.29 is 14.6 Å². The highest BCUT2D eigenvalue weighted by atomic mass is 16.5. The molecule has 3 heteroatoms. The zero-order chi connectivity index (χ0) is 20.8. The van der Waals surface area contributed by atoms with E-state index in [0.717, 1.165) is 37.0 Å². The molecule has 0 aromatic carbocycles. The van der Waals surface area contributed by atoms with Gasteiger partial charge in [-0.05, 0) is 99.7 Å². The predicted molar refractivity (Wildman–Crippen MR) is 116 cm³/mol. The van der Waals surface area contributed by atoms with Gasteiger partial charge in [-0.25, -0.2) is 0 Å². The van der Waals surface area contributed by atoms with Crippen LogP contribution in [0.5, 0.6) is 0 Å². The number of rotatable bonds is 5. The van der Waals surface area contributed by atoms with Gasteiger partial charge >= 0.3 is 5.97 Å². The van der Waals surface area contributed by atoms with Gasteiger partial charge in [0.25, 0.3) is 0 Å². The van der Waals surface area contributed by atoms with E-state index in [1.165, 1.54) is 38.5 Å². The lowest BCUT2D eigenvalue weighted by atomic mass is 9.46. The smallest absolute Gasteiger partial charge is 0.305 e. The lowest BCUT2D eigenvalue weighted by molar-refractivity contribution is -0.143. The molecule has 29 heavy (non-hydrogen) atoms. The summed E-state index contributed by atoms with van der Waals surface area (Å²) in [5, 5.41) is 11.0. The zero-order valence-electron chi connectivity index (χ0n) is 19.1. The van der Waals surface area contributed by atoms with Gasteiger partial charge in [-0.15, -0.1) is 0 Å². The van der Waals surface area contributed by atoms with Gasteiger partial charge < -0.3 is 9.84 Å². The van der Waals surface area contributed by atoms with Crippen LogP contribution in [-0.2, 0) is 9.53 Å². The number of hydrogen-bond acceptors (Lipinski definition) is 3. The first-order chi connectivity index (χ1) is 13.8. The number of carbonyl (C=O) groups is 1. The van der Waals surface area contributed by atoms with E-state index < -0.39 is 0 Å². The number of fused-ring (bicyclic) bond motifs is 5. The summed E-state index contributed by atoms with van der Waals surface area (Å²) in [5.74, 6) is 3.43. The summed E-state index contributed by atoms with van der Waals surface area (Å²) in [4.78, 5) is 11.9. The highest BCUT2D eigenvalue weighted by Gasteiger charge is 2.60. The molecular formula is C26H42O3. The van der Waals surface area contributed by atoms with Gasteiger partial charge in [0.05, 0.1) is 12.7 Å². The van der Waals surface area contributed by atoms with E-state index in [0.29, 0.717) is 30.3 Å². The van der Waals surface area contributed by atoms with Crippen LogP contribution in [0, 0.1) is 40.4 Å². The Morgan fingerprint density at radius 3 is 2.79 bits per heavy atom. The first kappa shape index (κ1) is 21.4. The Labute approximate surface area is 177 Å². The fourth-order valence-electron chi connectivity index (χ4n) is 8.47. The minimum absolute atomic E-state index is 0.0239. The molecule has 0 spiro atoms. The standard InChI is InChI=1S/C26H42O3/c1-5-29-24(28)14-9-17(2)20-12-13-21-19-11-10-18-7-6-8-23(27)26(18,4)22(19)15-16-25(20,21)3/h10,17,19-23,27H,5-9,11-16H2,1-4H3/t17-,19-,20+,21-,22-,23+,25-,26+/m1/s1. The molecule has 0 aromatic heterocycles. The molecule has 3 nitrogen and oxygen atoms in total. The molecule has 3 saturated carbocycles. The molecule has 4 aliphatic rings. The molecule has 0 unspecified atom stereocenters. The van der Waals surface area contributed by atoms with Gasteiger partial charge in [0.2, 0.25) is 0 Å². The number of carbonyl (C=O) groups excluding carboxylic acids is 1. The maximum absolute atomic E-state index is 11.9. The van der Waals surface area contributed by atoms with Crippen LogP contribution >= 0.6 is 0 Å². The van der Waals surface area contributed by atoms with Gasteiger partial charge in [-0.2, -0.15) is 0 Å². The molecule has 0 radical (unpaired) electrons. The van der Waals surface area contributed by atoms with Crippen LogP contribution in [0.1, 0.15) is 91.9 Å². The van der Waals surface area contributed by atoms with Crippen LogP contribution in [0.4, 0.5) is 0 Å². The van der Waals surface area contributed by atoms with Gasteiger partial charge in [0.15, 0.2) is 0 Å². The monoisotopic (exact) mass is 402 g/mol. The van der Waals surface area contributed by atoms with Crippen molar-refractivity contribution in [2.75, 3.05) is 6.61 Å². The second-order valence-electron chi connectivity index (χ2n) is 11.1. The Morgan fingerprint density at radius 2 is 2.03 bits per heavy atom. The SMILES string of the molecule is CCOC(=O)CC[C@@H](C)[C@@H]1CC[C@@H]2[C@H]3CC=C4CCC[C@H](O)[C@]4(C)[C@@H]3CC[C@@]21C. The van der Waals surface area contributed by atoms with E-state index in [9.17, 15) is 9.90 Å². The average molecular weight is 403 g/mol. The zero-order valence-corrected chi connectivity index (χ0v) is 19.1. The first-order valence-corrected chi connectivity index (χ1v) is 12.4. The average Bonchev–Trinajstić information content (AvgIpc) is 3.05. The Hall–Kier alpha value is -0.830. The molecule has 8 atom stereocenters. The van der Waals surface area contributed by atoms with Crippen molar-refractivity contribution in [3.63, 3.8) is 0 Å². The summed E-state index contributed by atoms with van der Waals surface area (Å²) in [6, 6.07) is 0. The summed E-state index contributed by atoms with van der Waals surface area (Å²) < 4.78 is 5.16. The van der Waals surface area contributed by atoms with Crippen molar-refractivity contribution in [1.82, 2.24) is 0 Å². The number of aliphatic hydroxyl groups excluding tert-OH is 1. The lowest BCUT2D eigenvalue weighted by Gasteiger charge is -2.59. The molecule has 0 saturated heterocycles. The maximum Gasteiger partial charge on any atom is 0.305 e. The minimum Gasteiger partial charge on any atom is -0.466 e. The Kier molecular flexibility index (Phi) is 5.92. The van der Waals surface area contributed by atoms with Crippen molar-refractivity contribution in [3.8, 4) is 0 Å². The third kappa shape index (κ3) is 3.40. The van der Waals surface area contributed by atoms with Crippen LogP contribution < -0.4 is 0 Å². The van der Waals surface area contributed by atoms with Crippen LogP contribution in [0.25, 0.3) is 0 Å². The highest BCUT2D eigenvalue weighted by Crippen LogP contribution is 2.67. The molecule has 0 aliphatic heterocycles. The Morgan fingerprint density at radius 1 is 1.24 bits per heavy atom. The molecular weight excluding hydrogens is 360 g/mol. The van der Waals surface area contributed by atoms with Crippen molar-refractivity contribution in [1.29, 1.82) is 0 Å². The van der Waals surface area contributed by atoms with E-state index in [4.69, 9.17) is 4.74 Å². The summed E-state index contributed by atoms with van der Waals surface area (Å²) in [6.07, 6.45) is 13.7. The quantitative estimate of drug-likeness (QED) is 0.459. The van der Waals surface area contributed by atoms with Gasteiger partial charge in [0, 0.05) is 11.8 Å². The fraction of sp³-hybridized carbons (Fsp3) is 0.885. The number of hydrogen-bond donors (Lipinski definition) is 1. The van der Waals surface area contributed by atoms with Gasteiger partial charge in [0.1, 0.15) is 0 Å². The summed E-state index contributed by atoms with van der Waals surface area (Å²) >= 11 is 0. The summed E-state index contributed by atoms with van der Waals surface area (Å²) in [5.41, 5.74) is 1.99. The number of esters is 1. The van der Waals surface area contributed by atoms with Crippen LogP contribution in [0.15, 0.2) is 11.6 Å². The molecule has 3 fully saturated rings. The van der Waals surface area contributed by atoms with E-state index >= 15 is 0 Å². The summed E-state index contributed by atoms with van der Waals surface area (Å²) in [6.45, 7) is 9.69. The topological polar surface area (TPSA) is 46.5 Å². The molecule has 0 amide bonds. The Balaban J connectivity index is 1.50.